The van der Waals surface area contributed by atoms with Crippen LogP contribution in [0.25, 0.3) is 33.7 Å². The van der Waals surface area contributed by atoms with Gasteiger partial charge in [0.25, 0.3) is 5.91 Å². The first-order chi connectivity index (χ1) is 19.4. The fourth-order valence-electron chi connectivity index (χ4n) is 4.78. The molecule has 0 fully saturated rings. The molecule has 0 saturated heterocycles. The van der Waals surface area contributed by atoms with Gasteiger partial charge in [-0.25, -0.2) is 4.98 Å². The normalized spacial score (nSPS) is 11.1. The largest absolute Gasteiger partial charge is 0.436 e. The average molecular weight is 528 g/mol. The molecule has 0 aliphatic carbocycles. The highest BCUT2D eigenvalue weighted by atomic mass is 16.3. The molecule has 0 aliphatic heterocycles. The summed E-state index contributed by atoms with van der Waals surface area (Å²) >= 11 is 0. The maximum absolute atomic E-state index is 12.8. The summed E-state index contributed by atoms with van der Waals surface area (Å²) in [7, 11) is 0. The van der Waals surface area contributed by atoms with Crippen LogP contribution in [0.5, 0.6) is 0 Å². The van der Waals surface area contributed by atoms with Crippen molar-refractivity contribution < 1.29 is 9.21 Å². The van der Waals surface area contributed by atoms with Crippen molar-refractivity contribution >= 4 is 17.0 Å². The number of benzene rings is 4. The number of carbonyl (C=O) groups excluding carboxylic acids is 1. The first-order valence-corrected chi connectivity index (χ1v) is 13.9. The first kappa shape index (κ1) is 26.9. The lowest BCUT2D eigenvalue weighted by Crippen LogP contribution is -2.22. The molecule has 0 radical (unpaired) electrons. The Kier molecular flexibility index (Phi) is 8.07. The molecule has 5 heteroatoms. The molecule has 1 heterocycles. The summed E-state index contributed by atoms with van der Waals surface area (Å²) in [5, 5.41) is 12.4. The monoisotopic (exact) mass is 527 g/mol. The lowest BCUT2D eigenvalue weighted by Gasteiger charge is -2.08. The summed E-state index contributed by atoms with van der Waals surface area (Å²) in [5.74, 6) is 0.520. The van der Waals surface area contributed by atoms with Gasteiger partial charge in [0.05, 0.1) is 11.6 Å². The van der Waals surface area contributed by atoms with Gasteiger partial charge < -0.3 is 9.73 Å². The maximum Gasteiger partial charge on any atom is 0.251 e. The molecule has 0 unspecified atom stereocenters. The van der Waals surface area contributed by atoms with Crippen molar-refractivity contribution in [2.75, 3.05) is 0 Å². The molecule has 0 saturated carbocycles. The van der Waals surface area contributed by atoms with Crippen molar-refractivity contribution in [1.82, 2.24) is 10.3 Å². The van der Waals surface area contributed by atoms with Gasteiger partial charge in [0.1, 0.15) is 5.52 Å². The number of amides is 1. The summed E-state index contributed by atoms with van der Waals surface area (Å²) in [4.78, 5) is 17.4. The Hall–Kier alpha value is -4.69. The van der Waals surface area contributed by atoms with Crippen LogP contribution in [0.1, 0.15) is 72.1 Å². The first-order valence-electron chi connectivity index (χ1n) is 13.9. The molecule has 5 aromatic rings. The third-order valence-corrected chi connectivity index (χ3v) is 7.18. The van der Waals surface area contributed by atoms with Gasteiger partial charge in [0.15, 0.2) is 5.58 Å². The summed E-state index contributed by atoms with van der Waals surface area (Å²) in [5.41, 5.74) is 8.99. The highest BCUT2D eigenvalue weighted by Gasteiger charge is 2.16. The van der Waals surface area contributed by atoms with Gasteiger partial charge >= 0.3 is 0 Å². The lowest BCUT2D eigenvalue weighted by atomic mass is 10.00. The van der Waals surface area contributed by atoms with Crippen molar-refractivity contribution in [2.24, 2.45) is 0 Å². The number of carbonyl (C=O) groups is 1. The van der Waals surface area contributed by atoms with Crippen LogP contribution in [-0.2, 0) is 13.0 Å². The Morgan fingerprint density at radius 3 is 2.12 bits per heavy atom. The van der Waals surface area contributed by atoms with E-state index in [0.29, 0.717) is 34.7 Å². The molecule has 5 rings (SSSR count). The maximum atomic E-state index is 12.8. The number of rotatable bonds is 9. The van der Waals surface area contributed by atoms with E-state index < -0.39 is 0 Å². The van der Waals surface area contributed by atoms with Gasteiger partial charge in [-0.2, -0.15) is 5.26 Å². The van der Waals surface area contributed by atoms with Crippen LogP contribution in [0.2, 0.25) is 0 Å². The number of nitriles is 1. The van der Waals surface area contributed by atoms with Crippen molar-refractivity contribution in [3.8, 4) is 28.7 Å². The van der Waals surface area contributed by atoms with Crippen LogP contribution >= 0.6 is 0 Å². The molecular formula is C35H33N3O2. The van der Waals surface area contributed by atoms with Crippen LogP contribution in [0.3, 0.4) is 0 Å². The average Bonchev–Trinajstić information content (AvgIpc) is 3.43. The van der Waals surface area contributed by atoms with E-state index in [9.17, 15) is 10.1 Å². The van der Waals surface area contributed by atoms with Crippen LogP contribution in [0.4, 0.5) is 0 Å². The van der Waals surface area contributed by atoms with Gasteiger partial charge in [0, 0.05) is 23.2 Å². The molecule has 0 spiro atoms. The van der Waals surface area contributed by atoms with E-state index in [-0.39, 0.29) is 11.8 Å². The lowest BCUT2D eigenvalue weighted by molar-refractivity contribution is 0.0951. The number of unbranched alkanes of at least 4 members (excludes halogenated alkanes) is 1. The molecule has 40 heavy (non-hydrogen) atoms. The topological polar surface area (TPSA) is 78.9 Å². The Balaban J connectivity index is 1.22. The van der Waals surface area contributed by atoms with E-state index in [1.807, 2.05) is 18.2 Å². The van der Waals surface area contributed by atoms with Crippen molar-refractivity contribution in [3.63, 3.8) is 0 Å². The number of fused-ring (bicyclic) bond motifs is 1. The highest BCUT2D eigenvalue weighted by Crippen LogP contribution is 2.31. The Morgan fingerprint density at radius 2 is 1.52 bits per heavy atom. The summed E-state index contributed by atoms with van der Waals surface area (Å²) in [6.07, 6.45) is 3.54. The van der Waals surface area contributed by atoms with E-state index >= 15 is 0 Å². The molecule has 0 atom stereocenters. The Labute approximate surface area is 235 Å². The second-order valence-corrected chi connectivity index (χ2v) is 10.5. The SMILES string of the molecule is CCCCc1ccc(-c2ccc(CNC(=O)c3ccc(-c4nc5cc(C#N)cc(C(C)C)c5o4)cc3)cc2)cc1. The summed E-state index contributed by atoms with van der Waals surface area (Å²) < 4.78 is 6.09. The minimum atomic E-state index is -0.142. The van der Waals surface area contributed by atoms with E-state index in [4.69, 9.17) is 4.42 Å². The molecule has 4 aromatic carbocycles. The van der Waals surface area contributed by atoms with Gasteiger partial charge in [-0.15, -0.1) is 0 Å². The van der Waals surface area contributed by atoms with E-state index in [2.05, 4.69) is 85.7 Å². The predicted molar refractivity (Wildman–Crippen MR) is 160 cm³/mol. The smallest absolute Gasteiger partial charge is 0.251 e. The minimum absolute atomic E-state index is 0.142. The molecule has 200 valence electrons. The third kappa shape index (κ3) is 5.97. The third-order valence-electron chi connectivity index (χ3n) is 7.18. The zero-order chi connectivity index (χ0) is 28.1. The molecule has 1 N–H and O–H groups in total. The van der Waals surface area contributed by atoms with Crippen molar-refractivity contribution in [2.45, 2.75) is 52.5 Å². The Morgan fingerprint density at radius 1 is 0.900 bits per heavy atom. The van der Waals surface area contributed by atoms with Gasteiger partial charge in [-0.3, -0.25) is 4.79 Å². The molecule has 1 aromatic heterocycles. The van der Waals surface area contributed by atoms with Gasteiger partial charge in [-0.05, 0) is 77.4 Å². The summed E-state index contributed by atoms with van der Waals surface area (Å²) in [6.45, 7) is 6.78. The molecular weight excluding hydrogens is 494 g/mol. The minimum Gasteiger partial charge on any atom is -0.436 e. The Bertz CT molecular complexity index is 1660. The number of aromatic nitrogens is 1. The quantitative estimate of drug-likeness (QED) is 0.209. The fourth-order valence-corrected chi connectivity index (χ4v) is 4.78. The molecule has 5 nitrogen and oxygen atoms in total. The van der Waals surface area contributed by atoms with Crippen LogP contribution < -0.4 is 5.32 Å². The number of nitrogens with zero attached hydrogens (tertiary/aromatic N) is 2. The fraction of sp³-hybridized carbons (Fsp3) is 0.229. The van der Waals surface area contributed by atoms with Gasteiger partial charge in [0.2, 0.25) is 5.89 Å². The standard InChI is InChI=1S/C35H33N3O2/c1-4-5-6-24-7-11-27(12-8-24)28-13-9-25(10-14-28)22-37-34(39)29-15-17-30(18-16-29)35-38-32-20-26(21-36)19-31(23(2)3)33(32)40-35/h7-20,23H,4-6,22H2,1-3H3,(H,37,39). The summed E-state index contributed by atoms with van der Waals surface area (Å²) in [6, 6.07) is 30.1. The number of hydrogen-bond donors (Lipinski definition) is 1. The van der Waals surface area contributed by atoms with E-state index in [0.717, 1.165) is 28.7 Å². The second-order valence-electron chi connectivity index (χ2n) is 10.5. The molecule has 1 amide bonds. The van der Waals surface area contributed by atoms with Crippen LogP contribution in [-0.4, -0.2) is 10.9 Å². The number of aryl methyl sites for hydroxylation is 1. The second kappa shape index (κ2) is 12.0. The van der Waals surface area contributed by atoms with Crippen LogP contribution in [0, 0.1) is 11.3 Å². The van der Waals surface area contributed by atoms with Crippen molar-refractivity contribution in [1.29, 1.82) is 5.26 Å². The number of oxazole rings is 1. The zero-order valence-electron chi connectivity index (χ0n) is 23.2. The van der Waals surface area contributed by atoms with Gasteiger partial charge in [-0.1, -0.05) is 75.7 Å². The zero-order valence-corrected chi connectivity index (χ0v) is 23.2. The van der Waals surface area contributed by atoms with Crippen molar-refractivity contribution in [3.05, 3.63) is 113 Å². The molecule has 0 bridgehead atoms. The molecule has 0 aliphatic rings. The highest BCUT2D eigenvalue weighted by molar-refractivity contribution is 5.94. The van der Waals surface area contributed by atoms with E-state index in [1.54, 1.807) is 18.2 Å². The number of nitrogens with one attached hydrogen (secondary N) is 1. The number of hydrogen-bond acceptors (Lipinski definition) is 4. The predicted octanol–water partition coefficient (Wildman–Crippen LogP) is 8.43. The van der Waals surface area contributed by atoms with Crippen LogP contribution in [0.15, 0.2) is 89.3 Å². The van der Waals surface area contributed by atoms with E-state index in [1.165, 1.54) is 24.0 Å².